The Labute approximate surface area is 164 Å². The molecule has 0 aliphatic heterocycles. The van der Waals surface area contributed by atoms with Crippen LogP contribution in [-0.4, -0.2) is 21.4 Å². The number of aromatic nitrogens is 2. The number of aryl methyl sites for hydroxylation is 1. The molecule has 2 N–H and O–H groups in total. The summed E-state index contributed by atoms with van der Waals surface area (Å²) < 4.78 is 42.1. The Kier molecular flexibility index (Phi) is 3.94. The van der Waals surface area contributed by atoms with Crippen LogP contribution in [-0.2, 0) is 12.8 Å². The minimum atomic E-state index is -4.88. The van der Waals surface area contributed by atoms with E-state index in [-0.39, 0.29) is 0 Å². The number of halogens is 3. The number of aromatic hydroxyl groups is 1. The van der Waals surface area contributed by atoms with Crippen LogP contribution in [0.4, 0.5) is 13.2 Å². The normalized spacial score (nSPS) is 14.3. The lowest BCUT2D eigenvalue weighted by molar-refractivity contribution is -0.275. The number of phenolic OH excluding ortho intramolecular Hbond substituents is 1. The van der Waals surface area contributed by atoms with Crippen molar-refractivity contribution in [2.24, 2.45) is 0 Å². The van der Waals surface area contributed by atoms with Crippen LogP contribution in [0.2, 0.25) is 0 Å². The van der Waals surface area contributed by atoms with Crippen LogP contribution < -0.4 is 4.74 Å². The average molecular weight is 398 g/mol. The molecule has 4 nitrogen and oxygen atoms in total. The molecule has 1 aliphatic carbocycles. The summed E-state index contributed by atoms with van der Waals surface area (Å²) in [6, 6.07) is 9.95. The van der Waals surface area contributed by atoms with Gasteiger partial charge in [0.1, 0.15) is 0 Å². The summed E-state index contributed by atoms with van der Waals surface area (Å²) in [5, 5.41) is 12.0. The number of ether oxygens (including phenoxy) is 1. The molecule has 0 bridgehead atoms. The molecule has 0 amide bonds. The highest BCUT2D eigenvalue weighted by molar-refractivity contribution is 6.08. The Bertz CT molecular complexity index is 1240. The molecule has 5 rings (SSSR count). The molecule has 2 heterocycles. The highest BCUT2D eigenvalue weighted by atomic mass is 19.4. The lowest BCUT2D eigenvalue weighted by Gasteiger charge is -2.23. The van der Waals surface area contributed by atoms with Crippen molar-refractivity contribution in [1.82, 2.24) is 9.97 Å². The van der Waals surface area contributed by atoms with Gasteiger partial charge in [0.25, 0.3) is 0 Å². The Hall–Kier alpha value is -3.22. The van der Waals surface area contributed by atoms with Gasteiger partial charge < -0.3 is 14.8 Å². The van der Waals surface area contributed by atoms with E-state index < -0.39 is 17.9 Å². The highest BCUT2D eigenvalue weighted by Crippen LogP contribution is 2.40. The second-order valence-corrected chi connectivity index (χ2v) is 7.26. The van der Waals surface area contributed by atoms with Gasteiger partial charge in [0.2, 0.25) is 0 Å². The van der Waals surface area contributed by atoms with E-state index in [1.807, 2.05) is 18.2 Å². The minimum absolute atomic E-state index is 0.544. The molecule has 2 aromatic carbocycles. The number of nitrogens with zero attached hydrogens (tertiary/aromatic N) is 1. The first kappa shape index (κ1) is 17.8. The molecule has 0 saturated heterocycles. The zero-order chi connectivity index (χ0) is 20.2. The standard InChI is InChI=1S/C22H17F3N2O2/c23-22(24,25)29-19-11-12(5-8-18(19)28)21-14-4-2-1-3-13(14)20-15-9-10-26-16(15)6-7-17(20)27-21/h5-11,27-28H,1-4H2. The summed E-state index contributed by atoms with van der Waals surface area (Å²) in [6.07, 6.45) is 0.722. The predicted octanol–water partition coefficient (Wildman–Crippen LogP) is 5.87. The largest absolute Gasteiger partial charge is 0.573 e. The number of phenols is 1. The average Bonchev–Trinajstić information content (AvgIpc) is 3.17. The summed E-state index contributed by atoms with van der Waals surface area (Å²) in [5.74, 6) is -1.16. The number of fused-ring (bicyclic) bond motifs is 5. The zero-order valence-electron chi connectivity index (χ0n) is 15.3. The van der Waals surface area contributed by atoms with Crippen LogP contribution in [0, 0.1) is 0 Å². The smallest absolute Gasteiger partial charge is 0.504 e. The fourth-order valence-corrected chi connectivity index (χ4v) is 4.30. The Morgan fingerprint density at radius 2 is 1.79 bits per heavy atom. The van der Waals surface area contributed by atoms with Crippen molar-refractivity contribution in [2.45, 2.75) is 32.0 Å². The molecule has 7 heteroatoms. The minimum Gasteiger partial charge on any atom is -0.504 e. The molecular formula is C22H17F3N2O2. The van der Waals surface area contributed by atoms with Gasteiger partial charge in [-0.1, -0.05) is 0 Å². The SMILES string of the molecule is Oc1ccc(-c2[nH]c3ccc4nccc4c3c3c2CCCC3)cc1OC(F)(F)F. The van der Waals surface area contributed by atoms with E-state index in [0.717, 1.165) is 58.7 Å². The van der Waals surface area contributed by atoms with Crippen molar-refractivity contribution >= 4 is 21.8 Å². The summed E-state index contributed by atoms with van der Waals surface area (Å²) in [7, 11) is 0. The maximum absolute atomic E-state index is 12.7. The number of benzene rings is 2. The third kappa shape index (κ3) is 3.06. The van der Waals surface area contributed by atoms with Crippen molar-refractivity contribution in [2.75, 3.05) is 0 Å². The molecule has 2 aromatic heterocycles. The lowest BCUT2D eigenvalue weighted by Crippen LogP contribution is -2.17. The number of hydrogen-bond acceptors (Lipinski definition) is 3. The number of pyridine rings is 1. The van der Waals surface area contributed by atoms with E-state index >= 15 is 0 Å². The molecule has 0 spiro atoms. The van der Waals surface area contributed by atoms with Gasteiger partial charge in [-0.05, 0) is 73.2 Å². The number of H-pyrrole nitrogens is 1. The topological polar surface area (TPSA) is 58.1 Å². The van der Waals surface area contributed by atoms with Crippen molar-refractivity contribution in [3.05, 3.63) is 53.7 Å². The molecule has 1 aliphatic rings. The van der Waals surface area contributed by atoms with Crippen LogP contribution >= 0.6 is 0 Å². The summed E-state index contributed by atoms with van der Waals surface area (Å²) in [6.45, 7) is 0. The van der Waals surface area contributed by atoms with Crippen molar-refractivity contribution < 1.29 is 23.0 Å². The molecule has 0 fully saturated rings. The summed E-state index contributed by atoms with van der Waals surface area (Å²) in [5.41, 5.74) is 5.46. The molecule has 0 saturated carbocycles. The summed E-state index contributed by atoms with van der Waals surface area (Å²) >= 11 is 0. The Morgan fingerprint density at radius 3 is 2.59 bits per heavy atom. The van der Waals surface area contributed by atoms with Gasteiger partial charge in [-0.3, -0.25) is 4.98 Å². The number of aromatic amines is 1. The quantitative estimate of drug-likeness (QED) is 0.444. The monoisotopic (exact) mass is 398 g/mol. The Balaban J connectivity index is 1.76. The highest BCUT2D eigenvalue weighted by Gasteiger charge is 2.32. The fraction of sp³-hybridized carbons (Fsp3) is 0.227. The first-order chi connectivity index (χ1) is 13.9. The third-order valence-corrected chi connectivity index (χ3v) is 5.48. The second-order valence-electron chi connectivity index (χ2n) is 7.26. The first-order valence-corrected chi connectivity index (χ1v) is 9.41. The summed E-state index contributed by atoms with van der Waals surface area (Å²) in [4.78, 5) is 7.81. The molecule has 148 valence electrons. The van der Waals surface area contributed by atoms with E-state index in [4.69, 9.17) is 0 Å². The predicted molar refractivity (Wildman–Crippen MR) is 104 cm³/mol. The molecule has 0 unspecified atom stereocenters. The van der Waals surface area contributed by atoms with Crippen LogP contribution in [0.1, 0.15) is 24.0 Å². The number of hydrogen-bond donors (Lipinski definition) is 2. The van der Waals surface area contributed by atoms with E-state index in [2.05, 4.69) is 14.7 Å². The molecule has 29 heavy (non-hydrogen) atoms. The van der Waals surface area contributed by atoms with Gasteiger partial charge >= 0.3 is 6.36 Å². The Morgan fingerprint density at radius 1 is 1.00 bits per heavy atom. The van der Waals surface area contributed by atoms with Gasteiger partial charge in [-0.25, -0.2) is 0 Å². The maximum Gasteiger partial charge on any atom is 0.573 e. The van der Waals surface area contributed by atoms with Crippen molar-refractivity contribution in [3.63, 3.8) is 0 Å². The van der Waals surface area contributed by atoms with E-state index in [9.17, 15) is 18.3 Å². The molecular weight excluding hydrogens is 381 g/mol. The van der Waals surface area contributed by atoms with Gasteiger partial charge in [0.15, 0.2) is 11.5 Å². The second kappa shape index (κ2) is 6.40. The molecule has 4 aromatic rings. The van der Waals surface area contributed by atoms with Crippen LogP contribution in [0.15, 0.2) is 42.6 Å². The van der Waals surface area contributed by atoms with E-state index in [1.165, 1.54) is 17.7 Å². The third-order valence-electron chi connectivity index (χ3n) is 5.48. The number of nitrogens with one attached hydrogen (secondary N) is 1. The lowest BCUT2D eigenvalue weighted by atomic mass is 9.85. The van der Waals surface area contributed by atoms with Gasteiger partial charge in [-0.15, -0.1) is 13.2 Å². The maximum atomic E-state index is 12.7. The number of alkyl halides is 3. The van der Waals surface area contributed by atoms with Crippen LogP contribution in [0.25, 0.3) is 33.1 Å². The zero-order valence-corrected chi connectivity index (χ0v) is 15.3. The van der Waals surface area contributed by atoms with Gasteiger partial charge in [0, 0.05) is 33.7 Å². The van der Waals surface area contributed by atoms with E-state index in [1.54, 1.807) is 12.3 Å². The van der Waals surface area contributed by atoms with Crippen molar-refractivity contribution in [1.29, 1.82) is 0 Å². The first-order valence-electron chi connectivity index (χ1n) is 9.41. The van der Waals surface area contributed by atoms with Crippen molar-refractivity contribution in [3.8, 4) is 22.8 Å². The van der Waals surface area contributed by atoms with E-state index in [0.29, 0.717) is 5.56 Å². The van der Waals surface area contributed by atoms with Gasteiger partial charge in [0.05, 0.1) is 5.52 Å². The molecule has 0 radical (unpaired) electrons. The van der Waals surface area contributed by atoms with Crippen LogP contribution in [0.5, 0.6) is 11.5 Å². The number of rotatable bonds is 2. The molecule has 0 atom stereocenters. The fourth-order valence-electron chi connectivity index (χ4n) is 4.30. The van der Waals surface area contributed by atoms with Gasteiger partial charge in [-0.2, -0.15) is 0 Å². The van der Waals surface area contributed by atoms with Crippen LogP contribution in [0.3, 0.4) is 0 Å².